The average Bonchev–Trinajstić information content (AvgIpc) is 3.08. The molecule has 0 bridgehead atoms. The van der Waals surface area contributed by atoms with Gasteiger partial charge in [-0.25, -0.2) is 9.50 Å². The lowest BCUT2D eigenvalue weighted by Gasteiger charge is -1.97. The van der Waals surface area contributed by atoms with Crippen LogP contribution in [0.4, 0.5) is 0 Å². The standard InChI is InChI=1S/C12H9N3OS2/c16-12-11-7(3-5-18-11)13-10-6-8(14-15(10)12)9-2-1-4-17-9/h1-2,4,6,14H,3,5H2. The monoisotopic (exact) mass is 275 g/mol. The second kappa shape index (κ2) is 3.73. The van der Waals surface area contributed by atoms with Crippen LogP contribution in [0, 0.1) is 0 Å². The molecule has 3 aromatic rings. The van der Waals surface area contributed by atoms with E-state index in [1.165, 1.54) is 0 Å². The summed E-state index contributed by atoms with van der Waals surface area (Å²) in [5.41, 5.74) is 2.63. The van der Waals surface area contributed by atoms with E-state index in [4.69, 9.17) is 0 Å². The largest absolute Gasteiger partial charge is 0.288 e. The summed E-state index contributed by atoms with van der Waals surface area (Å²) in [5, 5.41) is 5.16. The zero-order valence-electron chi connectivity index (χ0n) is 9.34. The molecule has 3 aromatic heterocycles. The lowest BCUT2D eigenvalue weighted by atomic mass is 10.3. The van der Waals surface area contributed by atoms with Crippen molar-refractivity contribution >= 4 is 28.7 Å². The van der Waals surface area contributed by atoms with Crippen molar-refractivity contribution in [2.24, 2.45) is 0 Å². The number of fused-ring (bicyclic) bond motifs is 2. The van der Waals surface area contributed by atoms with E-state index < -0.39 is 0 Å². The van der Waals surface area contributed by atoms with Gasteiger partial charge in [0.15, 0.2) is 5.65 Å². The fourth-order valence-electron chi connectivity index (χ4n) is 2.18. The minimum Gasteiger partial charge on any atom is -0.288 e. The Morgan fingerprint density at radius 3 is 3.22 bits per heavy atom. The van der Waals surface area contributed by atoms with E-state index in [0.717, 1.165) is 33.3 Å². The molecule has 0 aliphatic carbocycles. The van der Waals surface area contributed by atoms with E-state index in [9.17, 15) is 4.79 Å². The van der Waals surface area contributed by atoms with Gasteiger partial charge in [0.05, 0.1) is 21.2 Å². The number of aryl methyl sites for hydroxylation is 1. The molecule has 0 aromatic carbocycles. The van der Waals surface area contributed by atoms with Gasteiger partial charge in [-0.15, -0.1) is 23.1 Å². The van der Waals surface area contributed by atoms with Crippen molar-refractivity contribution < 1.29 is 0 Å². The molecule has 1 aliphatic rings. The second-order valence-electron chi connectivity index (χ2n) is 4.13. The van der Waals surface area contributed by atoms with Crippen LogP contribution in [0.25, 0.3) is 16.2 Å². The van der Waals surface area contributed by atoms with Gasteiger partial charge in [0, 0.05) is 18.2 Å². The smallest absolute Gasteiger partial charge is 0.286 e. The fourth-order valence-corrected chi connectivity index (χ4v) is 3.90. The normalized spacial score (nSPS) is 14.2. The number of H-pyrrole nitrogens is 1. The van der Waals surface area contributed by atoms with Crippen LogP contribution in [0.3, 0.4) is 0 Å². The number of hydrogen-bond donors (Lipinski definition) is 1. The van der Waals surface area contributed by atoms with Gasteiger partial charge in [0.25, 0.3) is 5.56 Å². The number of nitrogens with zero attached hydrogens (tertiary/aromatic N) is 2. The molecule has 4 rings (SSSR count). The molecule has 0 amide bonds. The molecular weight excluding hydrogens is 266 g/mol. The summed E-state index contributed by atoms with van der Waals surface area (Å²) in [5.74, 6) is 0.961. The molecular formula is C12H9N3OS2. The molecule has 0 unspecified atom stereocenters. The van der Waals surface area contributed by atoms with Crippen molar-refractivity contribution in [3.63, 3.8) is 0 Å². The minimum absolute atomic E-state index is 0.0281. The lowest BCUT2D eigenvalue weighted by molar-refractivity contribution is 0.847. The molecule has 6 heteroatoms. The van der Waals surface area contributed by atoms with Crippen molar-refractivity contribution in [3.05, 3.63) is 39.6 Å². The second-order valence-corrected chi connectivity index (χ2v) is 6.18. The highest BCUT2D eigenvalue weighted by atomic mass is 32.2. The van der Waals surface area contributed by atoms with Gasteiger partial charge in [0.2, 0.25) is 0 Å². The first kappa shape index (κ1) is 10.4. The zero-order chi connectivity index (χ0) is 12.1. The highest BCUT2D eigenvalue weighted by Crippen LogP contribution is 2.28. The summed E-state index contributed by atoms with van der Waals surface area (Å²) in [6, 6.07) is 5.97. The fraction of sp³-hybridized carbons (Fsp3) is 0.167. The van der Waals surface area contributed by atoms with Crippen LogP contribution < -0.4 is 5.56 Å². The maximum absolute atomic E-state index is 12.3. The number of nitrogens with one attached hydrogen (secondary N) is 1. The Balaban J connectivity index is 2.02. The Bertz CT molecular complexity index is 786. The molecule has 0 saturated heterocycles. The van der Waals surface area contributed by atoms with Crippen LogP contribution in [-0.2, 0) is 6.42 Å². The molecule has 0 fully saturated rings. The van der Waals surface area contributed by atoms with Crippen LogP contribution in [0.15, 0.2) is 33.3 Å². The highest BCUT2D eigenvalue weighted by Gasteiger charge is 2.20. The van der Waals surface area contributed by atoms with Crippen molar-refractivity contribution in [1.82, 2.24) is 14.6 Å². The third-order valence-corrected chi connectivity index (χ3v) is 5.03. The molecule has 0 radical (unpaired) electrons. The van der Waals surface area contributed by atoms with E-state index in [1.54, 1.807) is 27.6 Å². The van der Waals surface area contributed by atoms with E-state index >= 15 is 0 Å². The van der Waals surface area contributed by atoms with Crippen LogP contribution in [0.5, 0.6) is 0 Å². The Kier molecular flexibility index (Phi) is 2.15. The number of hydrogen-bond acceptors (Lipinski definition) is 4. The number of rotatable bonds is 1. The number of thioether (sulfide) groups is 1. The molecule has 0 atom stereocenters. The average molecular weight is 275 g/mol. The van der Waals surface area contributed by atoms with Gasteiger partial charge < -0.3 is 0 Å². The van der Waals surface area contributed by atoms with E-state index in [0.29, 0.717) is 5.65 Å². The zero-order valence-corrected chi connectivity index (χ0v) is 11.0. The van der Waals surface area contributed by atoms with Gasteiger partial charge in [-0.1, -0.05) is 6.07 Å². The molecule has 1 N–H and O–H groups in total. The summed E-state index contributed by atoms with van der Waals surface area (Å²) in [7, 11) is 0. The van der Waals surface area contributed by atoms with Crippen LogP contribution >= 0.6 is 23.1 Å². The van der Waals surface area contributed by atoms with Crippen molar-refractivity contribution in [3.8, 4) is 10.6 Å². The Morgan fingerprint density at radius 2 is 2.39 bits per heavy atom. The van der Waals surface area contributed by atoms with Crippen molar-refractivity contribution in [2.45, 2.75) is 11.3 Å². The molecule has 90 valence electrons. The third-order valence-electron chi connectivity index (χ3n) is 3.02. The summed E-state index contributed by atoms with van der Waals surface area (Å²) in [6.07, 6.45) is 0.894. The van der Waals surface area contributed by atoms with Gasteiger partial charge in [-0.3, -0.25) is 9.89 Å². The Morgan fingerprint density at radius 1 is 1.44 bits per heavy atom. The van der Waals surface area contributed by atoms with Crippen LogP contribution in [0.1, 0.15) is 5.69 Å². The van der Waals surface area contributed by atoms with Crippen LogP contribution in [0.2, 0.25) is 0 Å². The number of thiophene rings is 1. The molecule has 0 spiro atoms. The minimum atomic E-state index is 0.0281. The van der Waals surface area contributed by atoms with E-state index in [1.807, 2.05) is 23.6 Å². The number of aromatic nitrogens is 3. The maximum atomic E-state index is 12.3. The molecule has 18 heavy (non-hydrogen) atoms. The quantitative estimate of drug-likeness (QED) is 0.742. The summed E-state index contributed by atoms with van der Waals surface area (Å²) < 4.78 is 1.55. The van der Waals surface area contributed by atoms with Crippen molar-refractivity contribution in [2.75, 3.05) is 5.75 Å². The predicted octanol–water partition coefficient (Wildman–Crippen LogP) is 2.40. The highest BCUT2D eigenvalue weighted by molar-refractivity contribution is 7.99. The van der Waals surface area contributed by atoms with E-state index in [-0.39, 0.29) is 5.56 Å². The predicted molar refractivity (Wildman–Crippen MR) is 73.6 cm³/mol. The molecule has 4 nitrogen and oxygen atoms in total. The van der Waals surface area contributed by atoms with Gasteiger partial charge >= 0.3 is 0 Å². The number of aromatic amines is 1. The topological polar surface area (TPSA) is 50.2 Å². The first-order valence-corrected chi connectivity index (χ1v) is 7.51. The summed E-state index contributed by atoms with van der Waals surface area (Å²) in [6.45, 7) is 0. The van der Waals surface area contributed by atoms with Crippen molar-refractivity contribution in [1.29, 1.82) is 0 Å². The maximum Gasteiger partial charge on any atom is 0.286 e. The Hall–Kier alpha value is -1.53. The first-order valence-electron chi connectivity index (χ1n) is 5.64. The van der Waals surface area contributed by atoms with Gasteiger partial charge in [-0.05, 0) is 11.4 Å². The Labute approximate surface area is 111 Å². The molecule has 1 aliphatic heterocycles. The molecule has 0 saturated carbocycles. The third kappa shape index (κ3) is 1.39. The lowest BCUT2D eigenvalue weighted by Crippen LogP contribution is -2.17. The SMILES string of the molecule is O=c1c2c(nc3cc(-c4cccs4)[nH]n13)CCS2. The van der Waals surface area contributed by atoms with Gasteiger partial charge in [-0.2, -0.15) is 0 Å². The van der Waals surface area contributed by atoms with Gasteiger partial charge in [0.1, 0.15) is 0 Å². The summed E-state index contributed by atoms with van der Waals surface area (Å²) >= 11 is 3.25. The van der Waals surface area contributed by atoms with E-state index in [2.05, 4.69) is 10.1 Å². The van der Waals surface area contributed by atoms with Crippen LogP contribution in [-0.4, -0.2) is 20.4 Å². The first-order chi connectivity index (χ1) is 8.83. The molecule has 4 heterocycles. The summed E-state index contributed by atoms with van der Waals surface area (Å²) in [4.78, 5) is 18.8.